The zero-order chi connectivity index (χ0) is 24.7. The number of fused-ring (bicyclic) bond motifs is 2. The Bertz CT molecular complexity index is 1310. The predicted molar refractivity (Wildman–Crippen MR) is 121 cm³/mol. The van der Waals surface area contributed by atoms with Gasteiger partial charge in [-0.15, -0.1) is 0 Å². The van der Waals surface area contributed by atoms with E-state index in [1.807, 2.05) is 0 Å². The molecule has 0 aliphatic carbocycles. The van der Waals surface area contributed by atoms with Gasteiger partial charge in [-0.2, -0.15) is 13.2 Å². The predicted octanol–water partition coefficient (Wildman–Crippen LogP) is 5.76. The molecule has 180 valence electrons. The van der Waals surface area contributed by atoms with Gasteiger partial charge in [0.25, 0.3) is 0 Å². The minimum absolute atomic E-state index is 0.122. The molecule has 2 unspecified atom stereocenters. The standard InChI is InChI=1S/C23H23F5N6/c1-3-17(29)19(7-22(2,24)25)33-21-32-9-12-8-30-10-16(20(12)34-21)15-11-31-18-6-13(23(26,27)28)4-5-14(15)18/h4-6,8-11,17,19,31H,3,7,29H2,1-2H3,(H,32,33,34). The van der Waals surface area contributed by atoms with E-state index in [1.165, 1.54) is 12.3 Å². The van der Waals surface area contributed by atoms with E-state index in [0.29, 0.717) is 39.4 Å². The van der Waals surface area contributed by atoms with Crippen molar-refractivity contribution in [1.82, 2.24) is 19.9 Å². The van der Waals surface area contributed by atoms with Crippen LogP contribution in [-0.2, 0) is 6.18 Å². The number of hydrogen-bond acceptors (Lipinski definition) is 5. The summed E-state index contributed by atoms with van der Waals surface area (Å²) in [6, 6.07) is 2.14. The Morgan fingerprint density at radius 3 is 2.53 bits per heavy atom. The summed E-state index contributed by atoms with van der Waals surface area (Å²) in [5.74, 6) is -2.81. The molecular formula is C23H23F5N6. The van der Waals surface area contributed by atoms with Crippen LogP contribution in [0.4, 0.5) is 27.9 Å². The van der Waals surface area contributed by atoms with Crippen molar-refractivity contribution in [2.45, 2.75) is 50.9 Å². The second-order valence-corrected chi connectivity index (χ2v) is 8.38. The number of aromatic nitrogens is 4. The van der Waals surface area contributed by atoms with Crippen molar-refractivity contribution in [3.63, 3.8) is 0 Å². The largest absolute Gasteiger partial charge is 0.416 e. The van der Waals surface area contributed by atoms with Crippen molar-refractivity contribution in [3.05, 3.63) is 48.5 Å². The number of aromatic amines is 1. The molecule has 0 bridgehead atoms. The first-order valence-corrected chi connectivity index (χ1v) is 10.7. The summed E-state index contributed by atoms with van der Waals surface area (Å²) in [5.41, 5.74) is 7.24. The molecule has 0 radical (unpaired) electrons. The van der Waals surface area contributed by atoms with Crippen molar-refractivity contribution in [2.24, 2.45) is 5.73 Å². The molecule has 0 aliphatic rings. The lowest BCUT2D eigenvalue weighted by Gasteiger charge is -2.26. The monoisotopic (exact) mass is 478 g/mol. The first kappa shape index (κ1) is 23.8. The molecule has 4 rings (SSSR count). The van der Waals surface area contributed by atoms with Crippen molar-refractivity contribution < 1.29 is 22.0 Å². The fraction of sp³-hybridized carbons (Fsp3) is 0.348. The van der Waals surface area contributed by atoms with Gasteiger partial charge in [-0.25, -0.2) is 18.7 Å². The summed E-state index contributed by atoms with van der Waals surface area (Å²) in [5, 5.41) is 4.08. The second-order valence-electron chi connectivity index (χ2n) is 8.38. The van der Waals surface area contributed by atoms with Crippen LogP contribution in [0.2, 0.25) is 0 Å². The third-order valence-corrected chi connectivity index (χ3v) is 5.67. The number of hydrogen-bond donors (Lipinski definition) is 3. The average Bonchev–Trinajstić information content (AvgIpc) is 3.19. The summed E-state index contributed by atoms with van der Waals surface area (Å²) in [4.78, 5) is 15.8. The second kappa shape index (κ2) is 8.79. The minimum atomic E-state index is -4.46. The van der Waals surface area contributed by atoms with E-state index in [-0.39, 0.29) is 5.95 Å². The van der Waals surface area contributed by atoms with Crippen LogP contribution in [0.1, 0.15) is 32.3 Å². The first-order chi connectivity index (χ1) is 16.0. The molecule has 34 heavy (non-hydrogen) atoms. The molecule has 0 spiro atoms. The average molecular weight is 478 g/mol. The van der Waals surface area contributed by atoms with Crippen LogP contribution < -0.4 is 11.1 Å². The summed E-state index contributed by atoms with van der Waals surface area (Å²) in [7, 11) is 0. The fourth-order valence-corrected chi connectivity index (χ4v) is 3.89. The van der Waals surface area contributed by atoms with Gasteiger partial charge in [0.2, 0.25) is 11.9 Å². The van der Waals surface area contributed by atoms with Gasteiger partial charge in [-0.05, 0) is 25.5 Å². The highest BCUT2D eigenvalue weighted by Crippen LogP contribution is 2.36. The topological polar surface area (TPSA) is 92.5 Å². The highest BCUT2D eigenvalue weighted by Gasteiger charge is 2.31. The third kappa shape index (κ3) is 4.93. The van der Waals surface area contributed by atoms with Crippen molar-refractivity contribution in [1.29, 1.82) is 0 Å². The molecule has 3 heterocycles. The third-order valence-electron chi connectivity index (χ3n) is 5.67. The van der Waals surface area contributed by atoms with Crippen LogP contribution in [0.3, 0.4) is 0 Å². The Kier molecular flexibility index (Phi) is 6.15. The van der Waals surface area contributed by atoms with Gasteiger partial charge in [0.15, 0.2) is 0 Å². The molecule has 11 heteroatoms. The molecule has 2 atom stereocenters. The number of nitrogens with one attached hydrogen (secondary N) is 2. The Labute approximate surface area is 191 Å². The Morgan fingerprint density at radius 1 is 1.09 bits per heavy atom. The molecule has 0 fully saturated rings. The lowest BCUT2D eigenvalue weighted by Crippen LogP contribution is -2.43. The Hall–Kier alpha value is -3.34. The van der Waals surface area contributed by atoms with Crippen LogP contribution in [0.25, 0.3) is 32.9 Å². The first-order valence-electron chi connectivity index (χ1n) is 10.7. The number of alkyl halides is 5. The summed E-state index contributed by atoms with van der Waals surface area (Å²) in [6.07, 6.45) is 1.73. The van der Waals surface area contributed by atoms with Crippen molar-refractivity contribution in [3.8, 4) is 11.1 Å². The zero-order valence-electron chi connectivity index (χ0n) is 18.4. The lowest BCUT2D eigenvalue weighted by molar-refractivity contribution is -0.137. The van der Waals surface area contributed by atoms with Gasteiger partial charge in [0, 0.05) is 70.7 Å². The highest BCUT2D eigenvalue weighted by molar-refractivity contribution is 6.03. The smallest absolute Gasteiger partial charge is 0.361 e. The number of nitrogens with zero attached hydrogens (tertiary/aromatic N) is 3. The molecule has 1 aromatic carbocycles. The van der Waals surface area contributed by atoms with Crippen LogP contribution in [0.15, 0.2) is 43.0 Å². The molecule has 0 aliphatic heterocycles. The molecule has 0 saturated heterocycles. The number of anilines is 1. The Balaban J connectivity index is 1.76. The molecule has 4 aromatic rings. The molecule has 3 aromatic heterocycles. The lowest BCUT2D eigenvalue weighted by atomic mass is 10.00. The number of halogens is 5. The van der Waals surface area contributed by atoms with E-state index >= 15 is 0 Å². The quantitative estimate of drug-likeness (QED) is 0.294. The SMILES string of the molecule is CCC(N)C(CC(C)(F)F)Nc1ncc2cncc(-c3c[nH]c4cc(C(F)(F)F)ccc34)c2n1. The van der Waals surface area contributed by atoms with E-state index in [4.69, 9.17) is 5.73 Å². The van der Waals surface area contributed by atoms with Gasteiger partial charge in [0.05, 0.1) is 11.1 Å². The molecule has 4 N–H and O–H groups in total. The maximum Gasteiger partial charge on any atom is 0.416 e. The molecule has 6 nitrogen and oxygen atoms in total. The van der Waals surface area contributed by atoms with Gasteiger partial charge in [-0.1, -0.05) is 13.0 Å². The number of rotatable bonds is 7. The normalized spacial score (nSPS) is 14.5. The van der Waals surface area contributed by atoms with Crippen LogP contribution in [0, 0.1) is 0 Å². The number of H-pyrrole nitrogens is 1. The minimum Gasteiger partial charge on any atom is -0.361 e. The molecule has 0 amide bonds. The Morgan fingerprint density at radius 2 is 1.85 bits per heavy atom. The number of benzene rings is 1. The van der Waals surface area contributed by atoms with Gasteiger partial charge < -0.3 is 16.0 Å². The summed E-state index contributed by atoms with van der Waals surface area (Å²) in [6.45, 7) is 2.63. The maximum absolute atomic E-state index is 13.7. The van der Waals surface area contributed by atoms with Crippen LogP contribution >= 0.6 is 0 Å². The fourth-order valence-electron chi connectivity index (χ4n) is 3.89. The summed E-state index contributed by atoms with van der Waals surface area (Å²) < 4.78 is 66.7. The molecule has 0 saturated carbocycles. The van der Waals surface area contributed by atoms with Crippen molar-refractivity contribution in [2.75, 3.05) is 5.32 Å². The van der Waals surface area contributed by atoms with Crippen molar-refractivity contribution >= 4 is 27.8 Å². The van der Waals surface area contributed by atoms with E-state index in [0.717, 1.165) is 19.1 Å². The van der Waals surface area contributed by atoms with E-state index < -0.39 is 36.2 Å². The van der Waals surface area contributed by atoms with E-state index in [2.05, 4.69) is 25.3 Å². The van der Waals surface area contributed by atoms with Gasteiger partial charge in [0.1, 0.15) is 0 Å². The molecular weight excluding hydrogens is 455 g/mol. The van der Waals surface area contributed by atoms with Gasteiger partial charge in [-0.3, -0.25) is 4.98 Å². The van der Waals surface area contributed by atoms with E-state index in [1.54, 1.807) is 25.5 Å². The van der Waals surface area contributed by atoms with Crippen LogP contribution in [-0.4, -0.2) is 37.9 Å². The highest BCUT2D eigenvalue weighted by atomic mass is 19.4. The zero-order valence-corrected chi connectivity index (χ0v) is 18.4. The number of pyridine rings is 1. The van der Waals surface area contributed by atoms with Gasteiger partial charge >= 0.3 is 6.18 Å². The number of nitrogens with two attached hydrogens (primary N) is 1. The summed E-state index contributed by atoms with van der Waals surface area (Å²) >= 11 is 0. The van der Waals surface area contributed by atoms with Crippen LogP contribution in [0.5, 0.6) is 0 Å². The van der Waals surface area contributed by atoms with E-state index in [9.17, 15) is 22.0 Å². The maximum atomic E-state index is 13.7.